The second-order valence-electron chi connectivity index (χ2n) is 5.97. The smallest absolute Gasteiger partial charge is 0.270 e. The Bertz CT molecular complexity index is 757. The van der Waals surface area contributed by atoms with Crippen molar-refractivity contribution in [2.75, 3.05) is 26.5 Å². The molecule has 0 aliphatic heterocycles. The summed E-state index contributed by atoms with van der Waals surface area (Å²) in [5.41, 5.74) is 2.84. The number of hydrogen-bond donors (Lipinski definition) is 2. The summed E-state index contributed by atoms with van der Waals surface area (Å²) in [6.07, 6.45) is 0. The number of nitrogens with zero attached hydrogens (tertiary/aromatic N) is 2. The molecule has 0 heterocycles. The van der Waals surface area contributed by atoms with Gasteiger partial charge in [-0.2, -0.15) is 0 Å². The van der Waals surface area contributed by atoms with Gasteiger partial charge in [0.15, 0.2) is 0 Å². The van der Waals surface area contributed by atoms with E-state index in [2.05, 4.69) is 15.5 Å². The minimum absolute atomic E-state index is 0.114. The Morgan fingerprint density at radius 1 is 1.12 bits per heavy atom. The van der Waals surface area contributed by atoms with Gasteiger partial charge in [-0.25, -0.2) is 0 Å². The highest BCUT2D eigenvalue weighted by Crippen LogP contribution is 2.21. The third-order valence-electron chi connectivity index (χ3n) is 3.70. The van der Waals surface area contributed by atoms with Crippen LogP contribution in [0.5, 0.6) is 0 Å². The average molecular weight is 342 g/mol. The van der Waals surface area contributed by atoms with Gasteiger partial charge in [-0.05, 0) is 31.3 Å². The van der Waals surface area contributed by atoms with Gasteiger partial charge < -0.3 is 15.5 Å². The average Bonchev–Trinajstić information content (AvgIpc) is 2.59. The molecule has 2 N–H and O–H groups in total. The number of rotatable bonds is 7. The fourth-order valence-corrected chi connectivity index (χ4v) is 2.46. The van der Waals surface area contributed by atoms with Gasteiger partial charge in [0.2, 0.25) is 0 Å². The van der Waals surface area contributed by atoms with E-state index < -0.39 is 4.92 Å². The van der Waals surface area contributed by atoms with E-state index in [0.717, 1.165) is 12.1 Å². The van der Waals surface area contributed by atoms with Gasteiger partial charge in [-0.15, -0.1) is 0 Å². The topological polar surface area (TPSA) is 87.5 Å². The first-order valence-electron chi connectivity index (χ1n) is 7.87. The Hall–Kier alpha value is -2.93. The van der Waals surface area contributed by atoms with Crippen LogP contribution in [0.3, 0.4) is 0 Å². The molecule has 7 nitrogen and oxygen atoms in total. The van der Waals surface area contributed by atoms with Crippen molar-refractivity contribution in [1.82, 2.24) is 10.2 Å². The maximum atomic E-state index is 12.4. The van der Waals surface area contributed by atoms with Crippen LogP contribution in [-0.4, -0.2) is 36.9 Å². The monoisotopic (exact) mass is 342 g/mol. The van der Waals surface area contributed by atoms with Crippen molar-refractivity contribution in [2.45, 2.75) is 13.1 Å². The molecule has 0 radical (unpaired) electrons. The first-order valence-corrected chi connectivity index (χ1v) is 7.87. The van der Waals surface area contributed by atoms with Gasteiger partial charge >= 0.3 is 0 Å². The molecule has 2 aromatic carbocycles. The zero-order valence-electron chi connectivity index (χ0n) is 14.6. The first-order chi connectivity index (χ1) is 11.9. The Kier molecular flexibility index (Phi) is 6.08. The Labute approximate surface area is 146 Å². The molecule has 0 saturated carbocycles. The van der Waals surface area contributed by atoms with Gasteiger partial charge in [-0.3, -0.25) is 14.9 Å². The van der Waals surface area contributed by atoms with E-state index in [9.17, 15) is 14.9 Å². The quantitative estimate of drug-likeness (QED) is 0.596. The second-order valence-corrected chi connectivity index (χ2v) is 5.97. The molecule has 0 unspecified atom stereocenters. The lowest BCUT2D eigenvalue weighted by Crippen LogP contribution is -2.24. The molecule has 2 rings (SSSR count). The summed E-state index contributed by atoms with van der Waals surface area (Å²) in [4.78, 5) is 24.9. The van der Waals surface area contributed by atoms with E-state index in [0.29, 0.717) is 12.2 Å². The number of anilines is 1. The molecule has 0 aliphatic carbocycles. The van der Waals surface area contributed by atoms with Crippen molar-refractivity contribution in [3.63, 3.8) is 0 Å². The van der Waals surface area contributed by atoms with Crippen LogP contribution in [0.25, 0.3) is 0 Å². The summed E-state index contributed by atoms with van der Waals surface area (Å²) in [6.45, 7) is 1.21. The lowest BCUT2D eigenvalue weighted by atomic mass is 10.1. The molecule has 1 amide bonds. The van der Waals surface area contributed by atoms with Gasteiger partial charge in [0, 0.05) is 38.0 Å². The Balaban J connectivity index is 2.07. The third kappa shape index (κ3) is 5.02. The van der Waals surface area contributed by atoms with Crippen LogP contribution >= 0.6 is 0 Å². The fourth-order valence-electron chi connectivity index (χ4n) is 2.46. The number of benzene rings is 2. The second kappa shape index (κ2) is 8.25. The van der Waals surface area contributed by atoms with Crippen molar-refractivity contribution >= 4 is 17.3 Å². The van der Waals surface area contributed by atoms with Crippen LogP contribution in [0.4, 0.5) is 11.4 Å². The number of hydrogen-bond acceptors (Lipinski definition) is 5. The molecule has 7 heteroatoms. The van der Waals surface area contributed by atoms with Gasteiger partial charge in [0.1, 0.15) is 0 Å². The normalized spacial score (nSPS) is 10.6. The van der Waals surface area contributed by atoms with Crippen LogP contribution in [0.2, 0.25) is 0 Å². The number of amides is 1. The Morgan fingerprint density at radius 3 is 2.32 bits per heavy atom. The maximum Gasteiger partial charge on any atom is 0.270 e. The molecule has 0 bridgehead atoms. The van der Waals surface area contributed by atoms with Crippen LogP contribution in [0.1, 0.15) is 21.5 Å². The lowest BCUT2D eigenvalue weighted by molar-refractivity contribution is -0.384. The molecule has 0 fully saturated rings. The third-order valence-corrected chi connectivity index (χ3v) is 3.70. The van der Waals surface area contributed by atoms with Crippen molar-refractivity contribution < 1.29 is 9.72 Å². The zero-order valence-corrected chi connectivity index (χ0v) is 14.6. The molecule has 0 aliphatic rings. The molecule has 2 aromatic rings. The SMILES string of the molecule is CNc1ccc([N+](=O)[O-])cc1C(=O)NCc1ccc(CN(C)C)cc1. The van der Waals surface area contributed by atoms with Crippen molar-refractivity contribution in [3.05, 3.63) is 69.3 Å². The van der Waals surface area contributed by atoms with Crippen molar-refractivity contribution in [3.8, 4) is 0 Å². The maximum absolute atomic E-state index is 12.4. The van der Waals surface area contributed by atoms with E-state index >= 15 is 0 Å². The van der Waals surface area contributed by atoms with Gasteiger partial charge in [0.25, 0.3) is 11.6 Å². The molecular formula is C18H22N4O3. The van der Waals surface area contributed by atoms with Crippen molar-refractivity contribution in [2.24, 2.45) is 0 Å². The first kappa shape index (κ1) is 18.4. The summed E-state index contributed by atoms with van der Waals surface area (Å²) >= 11 is 0. The number of nitro benzene ring substituents is 1. The highest BCUT2D eigenvalue weighted by Gasteiger charge is 2.16. The fraction of sp³-hybridized carbons (Fsp3) is 0.278. The lowest BCUT2D eigenvalue weighted by Gasteiger charge is -2.11. The molecule has 132 valence electrons. The highest BCUT2D eigenvalue weighted by atomic mass is 16.6. The van der Waals surface area contributed by atoms with E-state index in [1.165, 1.54) is 23.8 Å². The van der Waals surface area contributed by atoms with Gasteiger partial charge in [0.05, 0.1) is 10.5 Å². The van der Waals surface area contributed by atoms with Crippen LogP contribution in [0.15, 0.2) is 42.5 Å². The molecule has 0 spiro atoms. The minimum Gasteiger partial charge on any atom is -0.387 e. The van der Waals surface area contributed by atoms with E-state index in [1.54, 1.807) is 7.05 Å². The van der Waals surface area contributed by atoms with Crippen LogP contribution < -0.4 is 10.6 Å². The number of nitrogens with one attached hydrogen (secondary N) is 2. The van der Waals surface area contributed by atoms with E-state index in [4.69, 9.17) is 0 Å². The summed E-state index contributed by atoms with van der Waals surface area (Å²) in [5, 5.41) is 16.6. The summed E-state index contributed by atoms with van der Waals surface area (Å²) in [7, 11) is 5.68. The zero-order chi connectivity index (χ0) is 18.4. The number of non-ortho nitro benzene ring substituents is 1. The van der Waals surface area contributed by atoms with Crippen molar-refractivity contribution in [1.29, 1.82) is 0 Å². The molecule has 25 heavy (non-hydrogen) atoms. The summed E-state index contributed by atoms with van der Waals surface area (Å²) in [6, 6.07) is 12.1. The standard InChI is InChI=1S/C18H22N4O3/c1-19-17-9-8-15(22(24)25)10-16(17)18(23)20-11-13-4-6-14(7-5-13)12-21(2)3/h4-10,19H,11-12H2,1-3H3,(H,20,23). The molecule has 0 atom stereocenters. The molecule has 0 aromatic heterocycles. The van der Waals surface area contributed by atoms with Gasteiger partial charge in [-0.1, -0.05) is 24.3 Å². The predicted octanol–water partition coefficient (Wildman–Crippen LogP) is 2.63. The predicted molar refractivity (Wildman–Crippen MR) is 97.6 cm³/mol. The van der Waals surface area contributed by atoms with Crippen LogP contribution in [0, 0.1) is 10.1 Å². The van der Waals surface area contributed by atoms with Crippen LogP contribution in [-0.2, 0) is 13.1 Å². The minimum atomic E-state index is -0.514. The molecular weight excluding hydrogens is 320 g/mol. The summed E-state index contributed by atoms with van der Waals surface area (Å²) < 4.78 is 0. The largest absolute Gasteiger partial charge is 0.387 e. The molecule has 0 saturated heterocycles. The number of carbonyl (C=O) groups excluding carboxylic acids is 1. The number of nitro groups is 1. The highest BCUT2D eigenvalue weighted by molar-refractivity contribution is 6.00. The summed E-state index contributed by atoms with van der Waals surface area (Å²) in [5.74, 6) is -0.356. The van der Waals surface area contributed by atoms with E-state index in [1.807, 2.05) is 38.4 Å². The Morgan fingerprint density at radius 2 is 1.76 bits per heavy atom. The van der Waals surface area contributed by atoms with E-state index in [-0.39, 0.29) is 17.2 Å². The number of carbonyl (C=O) groups is 1.